The summed E-state index contributed by atoms with van der Waals surface area (Å²) in [6.07, 6.45) is 0. The van der Waals surface area contributed by atoms with Crippen LogP contribution in [0, 0.1) is 59.9 Å². The van der Waals surface area contributed by atoms with Crippen molar-refractivity contribution in [3.05, 3.63) is 90.2 Å². The molecule has 152 valence electrons. The van der Waals surface area contributed by atoms with E-state index in [1.165, 1.54) is 0 Å². The van der Waals surface area contributed by atoms with Gasteiger partial charge in [0.15, 0.2) is 0 Å². The Morgan fingerprint density at radius 3 is 0.724 bits per heavy atom. The van der Waals surface area contributed by atoms with Crippen LogP contribution in [-0.4, -0.2) is 14.7 Å². The summed E-state index contributed by atoms with van der Waals surface area (Å²) in [4.78, 5) is 0. The van der Waals surface area contributed by atoms with E-state index in [9.17, 15) is 0 Å². The molecule has 29 heavy (non-hydrogen) atoms. The number of rotatable bonds is 1. The van der Waals surface area contributed by atoms with Crippen molar-refractivity contribution in [1.82, 2.24) is 0 Å². The molecule has 1 rings (SSSR count). The Morgan fingerprint density at radius 2 is 0.621 bits per heavy atom. The van der Waals surface area contributed by atoms with Crippen LogP contribution in [0.5, 0.6) is 0 Å². The van der Waals surface area contributed by atoms with Gasteiger partial charge in [0, 0.05) is 34.1 Å². The predicted molar refractivity (Wildman–Crippen MR) is 78.9 cm³/mol. The van der Waals surface area contributed by atoms with Crippen LogP contribution < -0.4 is 4.35 Å². The molecule has 0 N–H and O–H groups in total. The van der Waals surface area contributed by atoms with E-state index in [0.717, 1.165) is 0 Å². The number of benzene rings is 1. The molecule has 0 spiro atoms. The van der Waals surface area contributed by atoms with Gasteiger partial charge < -0.3 is 0 Å². The van der Waals surface area contributed by atoms with Gasteiger partial charge in [-0.2, -0.15) is 0 Å². The Morgan fingerprint density at radius 1 is 0.448 bits per heavy atom. The molecular formula is C17H11AsMn2O9. The van der Waals surface area contributed by atoms with Crippen LogP contribution >= 0.6 is 0 Å². The van der Waals surface area contributed by atoms with Gasteiger partial charge in [-0.05, 0) is 0 Å². The van der Waals surface area contributed by atoms with Gasteiger partial charge in [-0.1, -0.05) is 0 Å². The molecule has 0 saturated heterocycles. The van der Waals surface area contributed by atoms with Crippen molar-refractivity contribution in [3.8, 4) is 0 Å². The van der Waals surface area contributed by atoms with Crippen molar-refractivity contribution in [2.45, 2.75) is 11.4 Å². The Labute approximate surface area is 196 Å². The van der Waals surface area contributed by atoms with Gasteiger partial charge in [0.05, 0.1) is 0 Å². The minimum Gasteiger partial charge on any atom is 0 e. The SMILES string of the molecule is C[As](C)c1ccccc1.[C-]#[O+].[C-]#[O+].[C-]#[O+].[C-]#[O+].[C-]#[O+].[C-]#[O+].[C-]#[O+].[C-]#[O+].[C-]#[O+].[Mn].[Mn]. The maximum atomic E-state index is 7.50. The second-order valence-electron chi connectivity index (χ2n) is 2.23. The molecule has 2 radical (unpaired) electrons. The van der Waals surface area contributed by atoms with Crippen LogP contribution in [0.15, 0.2) is 30.3 Å². The smallest absolute Gasteiger partial charge is 0 e. The zero-order chi connectivity index (χ0) is 24.7. The molecular weight excluding hydrogens is 533 g/mol. The molecule has 0 saturated carbocycles. The third-order valence-corrected chi connectivity index (χ3v) is 4.07. The van der Waals surface area contributed by atoms with Crippen molar-refractivity contribution >= 4 is 19.0 Å². The van der Waals surface area contributed by atoms with Crippen LogP contribution in [0.3, 0.4) is 0 Å². The summed E-state index contributed by atoms with van der Waals surface area (Å²) in [6, 6.07) is 10.7. The second kappa shape index (κ2) is 191. The van der Waals surface area contributed by atoms with E-state index in [-0.39, 0.29) is 34.1 Å². The molecule has 0 aliphatic rings. The molecule has 0 fully saturated rings. The van der Waals surface area contributed by atoms with Crippen LogP contribution in [0.2, 0.25) is 11.4 Å². The van der Waals surface area contributed by atoms with E-state index >= 15 is 0 Å². The number of hydrogen-bond donors (Lipinski definition) is 0. The first kappa shape index (κ1) is 70.9. The van der Waals surface area contributed by atoms with Crippen LogP contribution in [0.25, 0.3) is 0 Å². The van der Waals surface area contributed by atoms with Gasteiger partial charge >= 0.3 is 162 Å². The summed E-state index contributed by atoms with van der Waals surface area (Å²) < 4.78 is 69.1. The van der Waals surface area contributed by atoms with E-state index < -0.39 is 14.7 Å². The Kier molecular flexibility index (Phi) is 468. The predicted octanol–water partition coefficient (Wildman–Crippen LogP) is 1.31. The normalized spacial score (nSPS) is 3.76. The zero-order valence-electron chi connectivity index (χ0n) is 14.8. The molecule has 0 unspecified atom stereocenters. The van der Waals surface area contributed by atoms with Gasteiger partial charge in [0.25, 0.3) is 0 Å². The van der Waals surface area contributed by atoms with E-state index in [4.69, 9.17) is 41.9 Å². The summed E-state index contributed by atoms with van der Waals surface area (Å²) in [7, 11) is 0. The Bertz CT molecular complexity index is 429. The Balaban J connectivity index is -0.0000000157. The molecule has 9 nitrogen and oxygen atoms in total. The van der Waals surface area contributed by atoms with Crippen molar-refractivity contribution < 1.29 is 76.0 Å². The van der Waals surface area contributed by atoms with Crippen LogP contribution in [0.4, 0.5) is 0 Å². The van der Waals surface area contributed by atoms with E-state index in [1.807, 2.05) is 0 Å². The summed E-state index contributed by atoms with van der Waals surface area (Å²) >= 11 is -0.588. The van der Waals surface area contributed by atoms with Gasteiger partial charge in [-0.25, -0.2) is 0 Å². The van der Waals surface area contributed by atoms with Crippen LogP contribution in [-0.2, 0) is 76.0 Å². The van der Waals surface area contributed by atoms with Crippen LogP contribution in [0.1, 0.15) is 0 Å². The van der Waals surface area contributed by atoms with Gasteiger partial charge in [0.2, 0.25) is 0 Å². The first-order valence-corrected chi connectivity index (χ1v) is 9.56. The fraction of sp³-hybridized carbons (Fsp3) is 0.118. The summed E-state index contributed by atoms with van der Waals surface area (Å²) in [5.74, 6) is 0. The monoisotopic (exact) mass is 544 g/mol. The van der Waals surface area contributed by atoms with Gasteiger partial charge in [-0.15, -0.1) is 0 Å². The van der Waals surface area contributed by atoms with E-state index in [1.54, 1.807) is 4.35 Å². The maximum Gasteiger partial charge on any atom is 0 e. The third-order valence-electron chi connectivity index (χ3n) is 1.27. The molecule has 0 amide bonds. The topological polar surface area (TPSA) is 179 Å². The largest absolute Gasteiger partial charge is 0 e. The standard InChI is InChI=1S/C8H11As.9CO.2Mn/c1-9(2)8-6-4-3-5-7-8;9*1-2;;/h3-7H,1-2H3;;;;;;;;;;;. The average molecular weight is 544 g/mol. The van der Waals surface area contributed by atoms with Gasteiger partial charge in [-0.3, -0.25) is 0 Å². The zero-order valence-corrected chi connectivity index (χ0v) is 19.0. The molecule has 0 aliphatic carbocycles. The number of hydrogen-bond acceptors (Lipinski definition) is 0. The molecule has 0 atom stereocenters. The minimum atomic E-state index is -0.588. The Hall–Kier alpha value is -1.52. The fourth-order valence-electron chi connectivity index (χ4n) is 0.726. The summed E-state index contributed by atoms with van der Waals surface area (Å²) in [5.41, 5.74) is 4.70. The summed E-state index contributed by atoms with van der Waals surface area (Å²) in [6.45, 7) is 40.5. The van der Waals surface area contributed by atoms with Gasteiger partial charge in [0.1, 0.15) is 0 Å². The molecule has 0 aliphatic heterocycles. The van der Waals surface area contributed by atoms with Crippen molar-refractivity contribution in [2.75, 3.05) is 0 Å². The summed E-state index contributed by atoms with van der Waals surface area (Å²) in [5, 5.41) is 0. The molecule has 0 bridgehead atoms. The fourth-order valence-corrected chi connectivity index (χ4v) is 2.34. The van der Waals surface area contributed by atoms with E-state index in [2.05, 4.69) is 102 Å². The molecule has 12 heteroatoms. The second-order valence-corrected chi connectivity index (χ2v) is 7.07. The quantitative estimate of drug-likeness (QED) is 0.282. The first-order valence-electron chi connectivity index (χ1n) is 4.87. The molecule has 1 aromatic carbocycles. The van der Waals surface area contributed by atoms with Crippen molar-refractivity contribution in [3.63, 3.8) is 0 Å². The molecule has 1 aromatic rings. The maximum absolute atomic E-state index is 7.50. The average Bonchev–Trinajstić information content (AvgIpc) is 2.86. The first-order chi connectivity index (χ1) is 13.3. The molecule has 0 aromatic heterocycles. The minimum absolute atomic E-state index is 0. The third kappa shape index (κ3) is 145. The van der Waals surface area contributed by atoms with Crippen molar-refractivity contribution in [2.24, 2.45) is 0 Å². The molecule has 0 heterocycles. The van der Waals surface area contributed by atoms with Crippen molar-refractivity contribution in [1.29, 1.82) is 0 Å². The van der Waals surface area contributed by atoms with E-state index in [0.29, 0.717) is 0 Å².